The standard InChI is InChI=1S/C14H21N3O2/c18-9-6-10-2-1-3-12(10)16-13-14(19)17(8-7-15-13)11-4-5-11/h7-8,10-12,18H,1-6,9H2,(H,15,16). The van der Waals surface area contributed by atoms with Gasteiger partial charge in [0.25, 0.3) is 5.56 Å². The molecule has 5 heteroatoms. The summed E-state index contributed by atoms with van der Waals surface area (Å²) in [6.07, 6.45) is 9.84. The number of rotatable bonds is 5. The summed E-state index contributed by atoms with van der Waals surface area (Å²) < 4.78 is 1.80. The third kappa shape index (κ3) is 2.66. The van der Waals surface area contributed by atoms with E-state index in [1.807, 2.05) is 0 Å². The summed E-state index contributed by atoms with van der Waals surface area (Å²) in [5.74, 6) is 0.935. The minimum Gasteiger partial charge on any atom is -0.396 e. The Labute approximate surface area is 112 Å². The van der Waals surface area contributed by atoms with Crippen molar-refractivity contribution in [2.45, 2.75) is 50.6 Å². The van der Waals surface area contributed by atoms with Crippen molar-refractivity contribution in [3.05, 3.63) is 22.7 Å². The monoisotopic (exact) mass is 263 g/mol. The van der Waals surface area contributed by atoms with Gasteiger partial charge in [-0.05, 0) is 38.0 Å². The highest BCUT2D eigenvalue weighted by Crippen LogP contribution is 2.33. The molecular weight excluding hydrogens is 242 g/mol. The molecule has 0 bridgehead atoms. The molecule has 0 aliphatic heterocycles. The van der Waals surface area contributed by atoms with Crippen molar-refractivity contribution in [3.63, 3.8) is 0 Å². The summed E-state index contributed by atoms with van der Waals surface area (Å²) in [5.41, 5.74) is -0.000325. The zero-order chi connectivity index (χ0) is 13.2. The van der Waals surface area contributed by atoms with Crippen LogP contribution in [-0.2, 0) is 0 Å². The van der Waals surface area contributed by atoms with Gasteiger partial charge in [0.05, 0.1) is 0 Å². The smallest absolute Gasteiger partial charge is 0.293 e. The number of aromatic nitrogens is 2. The van der Waals surface area contributed by atoms with Gasteiger partial charge in [-0.2, -0.15) is 0 Å². The van der Waals surface area contributed by atoms with E-state index in [0.717, 1.165) is 38.5 Å². The van der Waals surface area contributed by atoms with E-state index in [1.54, 1.807) is 17.0 Å². The number of aliphatic hydroxyl groups is 1. The van der Waals surface area contributed by atoms with Gasteiger partial charge >= 0.3 is 0 Å². The lowest BCUT2D eigenvalue weighted by Crippen LogP contribution is -2.31. The third-order valence-electron chi connectivity index (χ3n) is 4.29. The average Bonchev–Trinajstić information content (AvgIpc) is 3.16. The highest BCUT2D eigenvalue weighted by molar-refractivity contribution is 5.33. The minimum absolute atomic E-state index is 0.000325. The van der Waals surface area contributed by atoms with E-state index < -0.39 is 0 Å². The van der Waals surface area contributed by atoms with Crippen molar-refractivity contribution in [3.8, 4) is 0 Å². The number of anilines is 1. The highest BCUT2D eigenvalue weighted by Gasteiger charge is 2.29. The maximum absolute atomic E-state index is 12.3. The fraction of sp³-hybridized carbons (Fsp3) is 0.714. The van der Waals surface area contributed by atoms with Gasteiger partial charge < -0.3 is 15.0 Å². The molecule has 2 aliphatic carbocycles. The van der Waals surface area contributed by atoms with Crippen molar-refractivity contribution < 1.29 is 5.11 Å². The van der Waals surface area contributed by atoms with Gasteiger partial charge in [-0.1, -0.05) is 6.42 Å². The summed E-state index contributed by atoms with van der Waals surface area (Å²) in [6, 6.07) is 0.662. The Bertz CT molecular complexity index is 496. The molecule has 0 amide bonds. The van der Waals surface area contributed by atoms with Crippen LogP contribution >= 0.6 is 0 Å². The van der Waals surface area contributed by atoms with Crippen LogP contribution in [0.25, 0.3) is 0 Å². The zero-order valence-electron chi connectivity index (χ0n) is 11.1. The first kappa shape index (κ1) is 12.7. The van der Waals surface area contributed by atoms with Gasteiger partial charge in [0, 0.05) is 31.1 Å². The Morgan fingerprint density at radius 3 is 2.95 bits per heavy atom. The quantitative estimate of drug-likeness (QED) is 0.845. The molecule has 1 heterocycles. The largest absolute Gasteiger partial charge is 0.396 e. The van der Waals surface area contributed by atoms with E-state index in [2.05, 4.69) is 10.3 Å². The first-order valence-electron chi connectivity index (χ1n) is 7.24. The van der Waals surface area contributed by atoms with Gasteiger partial charge in [0.1, 0.15) is 0 Å². The highest BCUT2D eigenvalue weighted by atomic mass is 16.3. The fourth-order valence-corrected chi connectivity index (χ4v) is 3.08. The molecule has 5 nitrogen and oxygen atoms in total. The van der Waals surface area contributed by atoms with E-state index in [0.29, 0.717) is 17.8 Å². The Morgan fingerprint density at radius 2 is 2.21 bits per heavy atom. The van der Waals surface area contributed by atoms with Crippen molar-refractivity contribution in [2.75, 3.05) is 11.9 Å². The Kier molecular flexibility index (Phi) is 3.55. The van der Waals surface area contributed by atoms with Crippen LogP contribution in [0, 0.1) is 5.92 Å². The summed E-state index contributed by atoms with van der Waals surface area (Å²) in [5, 5.41) is 12.4. The predicted octanol–water partition coefficient (Wildman–Crippen LogP) is 1.54. The summed E-state index contributed by atoms with van der Waals surface area (Å²) >= 11 is 0. The van der Waals surface area contributed by atoms with Crippen LogP contribution in [0.15, 0.2) is 17.2 Å². The molecule has 104 valence electrons. The summed E-state index contributed by atoms with van der Waals surface area (Å²) in [7, 11) is 0. The van der Waals surface area contributed by atoms with E-state index in [-0.39, 0.29) is 18.2 Å². The molecule has 0 saturated heterocycles. The summed E-state index contributed by atoms with van der Waals surface area (Å²) in [6.45, 7) is 0.220. The second kappa shape index (κ2) is 5.33. The van der Waals surface area contributed by atoms with Crippen LogP contribution in [0.5, 0.6) is 0 Å². The molecule has 19 heavy (non-hydrogen) atoms. The van der Waals surface area contributed by atoms with Crippen molar-refractivity contribution in [1.29, 1.82) is 0 Å². The van der Waals surface area contributed by atoms with Crippen LogP contribution in [0.1, 0.15) is 44.6 Å². The van der Waals surface area contributed by atoms with Crippen LogP contribution in [0.2, 0.25) is 0 Å². The molecule has 2 aliphatic rings. The van der Waals surface area contributed by atoms with Gasteiger partial charge in [-0.3, -0.25) is 4.79 Å². The van der Waals surface area contributed by atoms with Gasteiger partial charge in [0.15, 0.2) is 5.82 Å². The van der Waals surface area contributed by atoms with Gasteiger partial charge in [0.2, 0.25) is 0 Å². The molecule has 2 fully saturated rings. The third-order valence-corrected chi connectivity index (χ3v) is 4.29. The van der Waals surface area contributed by atoms with E-state index in [9.17, 15) is 4.79 Å². The van der Waals surface area contributed by atoms with Crippen LogP contribution in [0.4, 0.5) is 5.82 Å². The molecule has 0 radical (unpaired) electrons. The molecule has 2 atom stereocenters. The van der Waals surface area contributed by atoms with Crippen molar-refractivity contribution >= 4 is 5.82 Å². The number of nitrogens with one attached hydrogen (secondary N) is 1. The predicted molar refractivity (Wildman–Crippen MR) is 73.2 cm³/mol. The number of aliphatic hydroxyl groups excluding tert-OH is 1. The minimum atomic E-state index is -0.000325. The molecule has 2 unspecified atom stereocenters. The van der Waals surface area contributed by atoms with Gasteiger partial charge in [-0.25, -0.2) is 4.98 Å². The number of hydrogen-bond acceptors (Lipinski definition) is 4. The first-order valence-corrected chi connectivity index (χ1v) is 7.24. The van der Waals surface area contributed by atoms with Crippen molar-refractivity contribution in [2.24, 2.45) is 5.92 Å². The summed E-state index contributed by atoms with van der Waals surface area (Å²) in [4.78, 5) is 16.5. The molecule has 2 N–H and O–H groups in total. The maximum atomic E-state index is 12.3. The second-order valence-electron chi connectivity index (χ2n) is 5.67. The molecule has 1 aromatic rings. The first-order chi connectivity index (χ1) is 9.29. The van der Waals surface area contributed by atoms with E-state index in [4.69, 9.17) is 5.11 Å². The molecule has 0 aromatic carbocycles. The normalized spacial score (nSPS) is 26.6. The van der Waals surface area contributed by atoms with Crippen LogP contribution < -0.4 is 10.9 Å². The number of hydrogen-bond donors (Lipinski definition) is 2. The lowest BCUT2D eigenvalue weighted by Gasteiger charge is -2.20. The Hall–Kier alpha value is -1.36. The molecule has 1 aromatic heterocycles. The average molecular weight is 263 g/mol. The van der Waals surface area contributed by atoms with Crippen molar-refractivity contribution in [1.82, 2.24) is 9.55 Å². The second-order valence-corrected chi connectivity index (χ2v) is 5.67. The molecule has 3 rings (SSSR count). The molecule has 2 saturated carbocycles. The lowest BCUT2D eigenvalue weighted by atomic mass is 10.0. The maximum Gasteiger partial charge on any atom is 0.293 e. The molecular formula is C14H21N3O2. The van der Waals surface area contributed by atoms with Crippen LogP contribution in [0.3, 0.4) is 0 Å². The van der Waals surface area contributed by atoms with Gasteiger partial charge in [-0.15, -0.1) is 0 Å². The van der Waals surface area contributed by atoms with Crippen LogP contribution in [-0.4, -0.2) is 27.3 Å². The Morgan fingerprint density at radius 1 is 1.37 bits per heavy atom. The SMILES string of the molecule is O=c1c(NC2CCCC2CCO)nccn1C1CC1. The van der Waals surface area contributed by atoms with E-state index in [1.165, 1.54) is 0 Å². The number of nitrogens with zero attached hydrogens (tertiary/aromatic N) is 2. The topological polar surface area (TPSA) is 67.2 Å². The zero-order valence-corrected chi connectivity index (χ0v) is 11.1. The lowest BCUT2D eigenvalue weighted by molar-refractivity contribution is 0.254. The fourth-order valence-electron chi connectivity index (χ4n) is 3.08. The van der Waals surface area contributed by atoms with E-state index >= 15 is 0 Å². The molecule has 0 spiro atoms. The Balaban J connectivity index is 1.75.